The van der Waals surface area contributed by atoms with Crippen LogP contribution in [0.1, 0.15) is 36.5 Å². The molecule has 1 saturated heterocycles. The van der Waals surface area contributed by atoms with E-state index in [1.165, 1.54) is 12.8 Å². The molecule has 3 nitrogen and oxygen atoms in total. The van der Waals surface area contributed by atoms with Crippen LogP contribution in [0.3, 0.4) is 0 Å². The quantitative estimate of drug-likeness (QED) is 0.789. The van der Waals surface area contributed by atoms with Gasteiger partial charge in [-0.2, -0.15) is 0 Å². The molecule has 0 aromatic heterocycles. The number of hydrogen-bond acceptors (Lipinski definition) is 2. The van der Waals surface area contributed by atoms with Gasteiger partial charge in [-0.3, -0.25) is 4.79 Å². The minimum Gasteiger partial charge on any atom is -0.338 e. The van der Waals surface area contributed by atoms with Crippen LogP contribution in [-0.4, -0.2) is 37.0 Å². The van der Waals surface area contributed by atoms with E-state index in [2.05, 4.69) is 34.8 Å². The molecule has 0 radical (unpaired) electrons. The minimum atomic E-state index is 0.177. The van der Waals surface area contributed by atoms with Gasteiger partial charge in [0, 0.05) is 22.2 Å². The lowest BCUT2D eigenvalue weighted by molar-refractivity contribution is 0.0718. The number of amides is 1. The highest BCUT2D eigenvalue weighted by atomic mass is 127. The van der Waals surface area contributed by atoms with Crippen molar-refractivity contribution in [1.29, 1.82) is 0 Å². The van der Waals surface area contributed by atoms with Crippen LogP contribution in [0.4, 0.5) is 0 Å². The molecule has 1 atom stereocenters. The molecule has 1 amide bonds. The molecule has 1 aromatic carbocycles. The molecule has 1 heterocycles. The van der Waals surface area contributed by atoms with Crippen LogP contribution in [0.25, 0.3) is 0 Å². The molecule has 1 N–H and O–H groups in total. The molecule has 20 heavy (non-hydrogen) atoms. The van der Waals surface area contributed by atoms with Gasteiger partial charge in [-0.05, 0) is 79.1 Å². The summed E-state index contributed by atoms with van der Waals surface area (Å²) in [5, 5.41) is 3.43. The van der Waals surface area contributed by atoms with E-state index in [9.17, 15) is 4.79 Å². The van der Waals surface area contributed by atoms with E-state index in [1.807, 2.05) is 29.2 Å². The molecule has 1 aliphatic heterocycles. The fourth-order valence-corrected chi connectivity index (χ4v) is 3.28. The minimum absolute atomic E-state index is 0.177. The fourth-order valence-electron chi connectivity index (χ4n) is 2.74. The van der Waals surface area contributed by atoms with E-state index in [0.29, 0.717) is 5.92 Å². The smallest absolute Gasteiger partial charge is 0.253 e. The molecule has 1 aliphatic rings. The average Bonchev–Trinajstić information content (AvgIpc) is 2.47. The predicted octanol–water partition coefficient (Wildman–Crippen LogP) is 3.14. The standard InChI is InChI=1S/C16H23IN2O/c1-2-9-19(12-13-5-4-8-18-11-13)16(20)14-6-3-7-15(17)10-14/h3,6-7,10,13,18H,2,4-5,8-9,11-12H2,1H3. The van der Waals surface area contributed by atoms with Gasteiger partial charge in [-0.1, -0.05) is 13.0 Å². The van der Waals surface area contributed by atoms with Crippen molar-refractivity contribution in [3.8, 4) is 0 Å². The summed E-state index contributed by atoms with van der Waals surface area (Å²) in [5.74, 6) is 0.776. The maximum absolute atomic E-state index is 12.7. The first-order valence-electron chi connectivity index (χ1n) is 7.46. The summed E-state index contributed by atoms with van der Waals surface area (Å²) in [4.78, 5) is 14.7. The van der Waals surface area contributed by atoms with Crippen molar-refractivity contribution in [2.75, 3.05) is 26.2 Å². The van der Waals surface area contributed by atoms with Gasteiger partial charge in [-0.25, -0.2) is 0 Å². The third-order valence-electron chi connectivity index (χ3n) is 3.73. The number of carbonyl (C=O) groups excluding carboxylic acids is 1. The summed E-state index contributed by atoms with van der Waals surface area (Å²) in [6.07, 6.45) is 3.46. The topological polar surface area (TPSA) is 32.3 Å². The first-order valence-corrected chi connectivity index (χ1v) is 8.54. The van der Waals surface area contributed by atoms with Crippen LogP contribution in [0.2, 0.25) is 0 Å². The Morgan fingerprint density at radius 1 is 1.50 bits per heavy atom. The van der Waals surface area contributed by atoms with Gasteiger partial charge in [0.1, 0.15) is 0 Å². The second-order valence-electron chi connectivity index (χ2n) is 5.47. The Balaban J connectivity index is 2.04. The van der Waals surface area contributed by atoms with Crippen molar-refractivity contribution in [1.82, 2.24) is 10.2 Å². The summed E-state index contributed by atoms with van der Waals surface area (Å²) >= 11 is 2.26. The SMILES string of the molecule is CCCN(CC1CCCNC1)C(=O)c1cccc(I)c1. The highest BCUT2D eigenvalue weighted by Crippen LogP contribution is 2.16. The van der Waals surface area contributed by atoms with Crippen molar-refractivity contribution in [3.63, 3.8) is 0 Å². The van der Waals surface area contributed by atoms with Crippen molar-refractivity contribution >= 4 is 28.5 Å². The van der Waals surface area contributed by atoms with Gasteiger partial charge < -0.3 is 10.2 Å². The molecule has 2 rings (SSSR count). The molecule has 110 valence electrons. The molecule has 1 aromatic rings. The summed E-state index contributed by atoms with van der Waals surface area (Å²) < 4.78 is 1.12. The van der Waals surface area contributed by atoms with Gasteiger partial charge >= 0.3 is 0 Å². The van der Waals surface area contributed by atoms with E-state index in [4.69, 9.17) is 0 Å². The number of carbonyl (C=O) groups is 1. The number of halogens is 1. The van der Waals surface area contributed by atoms with Crippen molar-refractivity contribution in [3.05, 3.63) is 33.4 Å². The number of rotatable bonds is 5. The lowest BCUT2D eigenvalue weighted by atomic mass is 9.98. The third-order valence-corrected chi connectivity index (χ3v) is 4.40. The molecule has 0 spiro atoms. The van der Waals surface area contributed by atoms with E-state index in [-0.39, 0.29) is 5.91 Å². The number of nitrogens with zero attached hydrogens (tertiary/aromatic N) is 1. The van der Waals surface area contributed by atoms with E-state index < -0.39 is 0 Å². The Bertz CT molecular complexity index is 444. The maximum Gasteiger partial charge on any atom is 0.253 e. The zero-order valence-corrected chi connectivity index (χ0v) is 14.2. The fraction of sp³-hybridized carbons (Fsp3) is 0.562. The molecular formula is C16H23IN2O. The second kappa shape index (κ2) is 7.98. The number of piperidine rings is 1. The monoisotopic (exact) mass is 386 g/mol. The summed E-state index contributed by atoms with van der Waals surface area (Å²) in [6.45, 7) is 6.02. The van der Waals surface area contributed by atoms with Crippen LogP contribution >= 0.6 is 22.6 Å². The second-order valence-corrected chi connectivity index (χ2v) is 6.72. The number of benzene rings is 1. The zero-order valence-electron chi connectivity index (χ0n) is 12.1. The summed E-state index contributed by atoms with van der Waals surface area (Å²) in [5.41, 5.74) is 0.814. The Labute approximate surface area is 135 Å². The summed E-state index contributed by atoms with van der Waals surface area (Å²) in [6, 6.07) is 7.88. The lowest BCUT2D eigenvalue weighted by Gasteiger charge is -2.30. The summed E-state index contributed by atoms with van der Waals surface area (Å²) in [7, 11) is 0. The molecule has 1 unspecified atom stereocenters. The average molecular weight is 386 g/mol. The largest absolute Gasteiger partial charge is 0.338 e. The number of nitrogens with one attached hydrogen (secondary N) is 1. The molecule has 0 saturated carbocycles. The van der Waals surface area contributed by atoms with Gasteiger partial charge in [0.15, 0.2) is 0 Å². The molecule has 0 aliphatic carbocycles. The van der Waals surface area contributed by atoms with Crippen LogP contribution in [0, 0.1) is 9.49 Å². The molecule has 1 fully saturated rings. The van der Waals surface area contributed by atoms with Crippen LogP contribution in [0.15, 0.2) is 24.3 Å². The first-order chi connectivity index (χ1) is 9.70. The van der Waals surface area contributed by atoms with Crippen LogP contribution < -0.4 is 5.32 Å². The molecule has 0 bridgehead atoms. The van der Waals surface area contributed by atoms with E-state index >= 15 is 0 Å². The molecule has 4 heteroatoms. The van der Waals surface area contributed by atoms with Crippen molar-refractivity contribution in [2.24, 2.45) is 5.92 Å². The molecular weight excluding hydrogens is 363 g/mol. The van der Waals surface area contributed by atoms with Gasteiger partial charge in [0.05, 0.1) is 0 Å². The highest BCUT2D eigenvalue weighted by molar-refractivity contribution is 14.1. The Hall–Kier alpha value is -0.620. The lowest BCUT2D eigenvalue weighted by Crippen LogP contribution is -2.41. The number of hydrogen-bond donors (Lipinski definition) is 1. The van der Waals surface area contributed by atoms with Gasteiger partial charge in [0.25, 0.3) is 5.91 Å². The van der Waals surface area contributed by atoms with Crippen LogP contribution in [-0.2, 0) is 0 Å². The van der Waals surface area contributed by atoms with Gasteiger partial charge in [-0.15, -0.1) is 0 Å². The normalized spacial score (nSPS) is 18.8. The van der Waals surface area contributed by atoms with Crippen LogP contribution in [0.5, 0.6) is 0 Å². The van der Waals surface area contributed by atoms with Gasteiger partial charge in [0.2, 0.25) is 0 Å². The maximum atomic E-state index is 12.7. The Morgan fingerprint density at radius 3 is 3.00 bits per heavy atom. The van der Waals surface area contributed by atoms with Crippen molar-refractivity contribution < 1.29 is 4.79 Å². The van der Waals surface area contributed by atoms with E-state index in [0.717, 1.165) is 41.7 Å². The Morgan fingerprint density at radius 2 is 2.35 bits per heavy atom. The van der Waals surface area contributed by atoms with E-state index in [1.54, 1.807) is 0 Å². The highest BCUT2D eigenvalue weighted by Gasteiger charge is 2.21. The zero-order chi connectivity index (χ0) is 14.4. The Kier molecular flexibility index (Phi) is 6.29. The first kappa shape index (κ1) is 15.8. The third kappa shape index (κ3) is 4.45. The van der Waals surface area contributed by atoms with Crippen molar-refractivity contribution in [2.45, 2.75) is 26.2 Å². The predicted molar refractivity (Wildman–Crippen MR) is 90.9 cm³/mol.